The first kappa shape index (κ1) is 23.2. The molecule has 0 atom stereocenters. The number of rotatable bonds is 8. The van der Waals surface area contributed by atoms with Crippen molar-refractivity contribution >= 4 is 46.6 Å². The number of halogens is 2. The maximum absolute atomic E-state index is 12.3. The van der Waals surface area contributed by atoms with Crippen LogP contribution in [0.1, 0.15) is 36.7 Å². The van der Waals surface area contributed by atoms with Gasteiger partial charge >= 0.3 is 0 Å². The van der Waals surface area contributed by atoms with Gasteiger partial charge in [-0.3, -0.25) is 4.79 Å². The number of amides is 1. The van der Waals surface area contributed by atoms with E-state index in [4.69, 9.17) is 33.8 Å². The minimum Gasteiger partial charge on any atom is -0.485 e. The monoisotopic (exact) mass is 479 g/mol. The predicted molar refractivity (Wildman–Crippen MR) is 126 cm³/mol. The molecule has 7 nitrogen and oxygen atoms in total. The molecule has 3 rings (SSSR count). The normalized spacial score (nSPS) is 11.0. The number of ether oxygens (including phenoxy) is 1. The van der Waals surface area contributed by atoms with E-state index >= 15 is 0 Å². The van der Waals surface area contributed by atoms with Crippen LogP contribution in [0.3, 0.4) is 0 Å². The summed E-state index contributed by atoms with van der Waals surface area (Å²) in [6.07, 6.45) is 0. The summed E-state index contributed by atoms with van der Waals surface area (Å²) in [5, 5.41) is 12.1. The van der Waals surface area contributed by atoms with Crippen molar-refractivity contribution < 1.29 is 9.53 Å². The van der Waals surface area contributed by atoms with Gasteiger partial charge in [0.25, 0.3) is 0 Å². The highest BCUT2D eigenvalue weighted by atomic mass is 35.5. The molecule has 0 saturated carbocycles. The van der Waals surface area contributed by atoms with Crippen molar-refractivity contribution in [2.45, 2.75) is 38.5 Å². The molecule has 3 N–H and O–H groups in total. The first-order valence-corrected chi connectivity index (χ1v) is 11.3. The van der Waals surface area contributed by atoms with Crippen LogP contribution in [0.5, 0.6) is 5.75 Å². The average Bonchev–Trinajstić information content (AvgIpc) is 3.07. The number of nitrogens with one attached hydrogen (secondary N) is 1. The Morgan fingerprint density at radius 3 is 2.74 bits per heavy atom. The quantitative estimate of drug-likeness (QED) is 0.347. The van der Waals surface area contributed by atoms with Crippen molar-refractivity contribution in [1.29, 1.82) is 0 Å². The summed E-state index contributed by atoms with van der Waals surface area (Å²) in [4.78, 5) is 12.3. The van der Waals surface area contributed by atoms with Crippen LogP contribution in [0.25, 0.3) is 0 Å². The second-order valence-electron chi connectivity index (χ2n) is 7.21. The van der Waals surface area contributed by atoms with E-state index in [1.807, 2.05) is 13.0 Å². The summed E-state index contributed by atoms with van der Waals surface area (Å²) < 4.78 is 7.30. The number of anilines is 1. The van der Waals surface area contributed by atoms with Crippen molar-refractivity contribution in [3.8, 4) is 5.75 Å². The van der Waals surface area contributed by atoms with Crippen LogP contribution in [-0.2, 0) is 11.4 Å². The van der Waals surface area contributed by atoms with Gasteiger partial charge in [0, 0.05) is 5.02 Å². The number of nitrogens with two attached hydrogens (primary N) is 1. The number of carbonyl (C=O) groups is 1. The Hall–Kier alpha value is -2.42. The number of nitrogen functional groups attached to an aromatic ring is 1. The van der Waals surface area contributed by atoms with Crippen LogP contribution in [-0.4, -0.2) is 26.5 Å². The number of hydrogen-bond acceptors (Lipinski definition) is 6. The smallest absolute Gasteiger partial charge is 0.234 e. The van der Waals surface area contributed by atoms with Crippen LogP contribution in [0, 0.1) is 6.92 Å². The largest absolute Gasteiger partial charge is 0.485 e. The lowest BCUT2D eigenvalue weighted by atomic mass is 10.0. The highest BCUT2D eigenvalue weighted by molar-refractivity contribution is 7.99. The van der Waals surface area contributed by atoms with E-state index in [0.29, 0.717) is 32.6 Å². The van der Waals surface area contributed by atoms with Crippen LogP contribution in [0.4, 0.5) is 5.69 Å². The molecule has 0 aliphatic rings. The first-order valence-electron chi connectivity index (χ1n) is 9.55. The fourth-order valence-electron chi connectivity index (χ4n) is 2.80. The van der Waals surface area contributed by atoms with Crippen LogP contribution in [0.2, 0.25) is 10.0 Å². The number of carbonyl (C=O) groups excluding carboxylic acids is 1. The molecule has 1 heterocycles. The van der Waals surface area contributed by atoms with Gasteiger partial charge in [0.15, 0.2) is 5.82 Å². The zero-order valence-corrected chi connectivity index (χ0v) is 19.7. The van der Waals surface area contributed by atoms with Crippen molar-refractivity contribution in [3.05, 3.63) is 63.4 Å². The van der Waals surface area contributed by atoms with Crippen molar-refractivity contribution in [1.82, 2.24) is 14.9 Å². The van der Waals surface area contributed by atoms with Gasteiger partial charge in [0.05, 0.1) is 16.5 Å². The van der Waals surface area contributed by atoms with Gasteiger partial charge in [-0.25, -0.2) is 4.68 Å². The van der Waals surface area contributed by atoms with E-state index in [-0.39, 0.29) is 18.3 Å². The lowest BCUT2D eigenvalue weighted by Gasteiger charge is -2.14. The van der Waals surface area contributed by atoms with Crippen LogP contribution in [0.15, 0.2) is 41.6 Å². The van der Waals surface area contributed by atoms with Crippen molar-refractivity contribution in [2.75, 3.05) is 16.9 Å². The molecule has 0 aliphatic carbocycles. The Kier molecular flexibility index (Phi) is 7.69. The van der Waals surface area contributed by atoms with Gasteiger partial charge in [-0.15, -0.1) is 10.2 Å². The molecule has 0 radical (unpaired) electrons. The SMILES string of the molecule is Cc1ccc(C(C)C)c(OCc2nnc(SCC(=O)Nc3cc(Cl)ccc3Cl)n2N)c1. The van der Waals surface area contributed by atoms with E-state index in [9.17, 15) is 4.79 Å². The van der Waals surface area contributed by atoms with E-state index in [1.54, 1.807) is 18.2 Å². The zero-order chi connectivity index (χ0) is 22.5. The molecule has 0 unspecified atom stereocenters. The summed E-state index contributed by atoms with van der Waals surface area (Å²) in [5.41, 5.74) is 2.66. The summed E-state index contributed by atoms with van der Waals surface area (Å²) in [6, 6.07) is 11.0. The maximum atomic E-state index is 12.3. The summed E-state index contributed by atoms with van der Waals surface area (Å²) in [7, 11) is 0. The minimum atomic E-state index is -0.267. The number of nitrogens with zero attached hydrogens (tertiary/aromatic N) is 3. The zero-order valence-electron chi connectivity index (χ0n) is 17.4. The van der Waals surface area contributed by atoms with E-state index in [2.05, 4.69) is 41.5 Å². The molecule has 10 heteroatoms. The molecule has 1 amide bonds. The standard InChI is InChI=1S/C21H23Cl2N5O2S/c1-12(2)15-6-4-13(3)8-18(15)30-10-19-26-27-21(28(19)24)31-11-20(29)25-17-9-14(22)5-7-16(17)23/h4-9,12H,10-11,24H2,1-3H3,(H,25,29). The number of aromatic nitrogens is 3. The molecule has 0 bridgehead atoms. The van der Waals surface area contributed by atoms with Gasteiger partial charge in [-0.05, 0) is 48.2 Å². The van der Waals surface area contributed by atoms with E-state index in [0.717, 1.165) is 28.6 Å². The molecule has 1 aromatic heterocycles. The van der Waals surface area contributed by atoms with Gasteiger partial charge < -0.3 is 15.9 Å². The highest BCUT2D eigenvalue weighted by Crippen LogP contribution is 2.28. The Morgan fingerprint density at radius 2 is 2.00 bits per heavy atom. The fourth-order valence-corrected chi connectivity index (χ4v) is 3.81. The van der Waals surface area contributed by atoms with Gasteiger partial charge in [0.2, 0.25) is 11.1 Å². The Morgan fingerprint density at radius 1 is 1.23 bits per heavy atom. The summed E-state index contributed by atoms with van der Waals surface area (Å²) in [5.74, 6) is 7.48. The molecule has 164 valence electrons. The van der Waals surface area contributed by atoms with E-state index < -0.39 is 0 Å². The summed E-state index contributed by atoms with van der Waals surface area (Å²) in [6.45, 7) is 6.40. The molecule has 0 spiro atoms. The summed E-state index contributed by atoms with van der Waals surface area (Å²) >= 11 is 13.2. The molecule has 31 heavy (non-hydrogen) atoms. The maximum Gasteiger partial charge on any atom is 0.234 e. The Balaban J connectivity index is 1.60. The lowest BCUT2D eigenvalue weighted by Crippen LogP contribution is -2.18. The van der Waals surface area contributed by atoms with Gasteiger partial charge in [0.1, 0.15) is 12.4 Å². The molecule has 0 fully saturated rings. The Bertz CT molecular complexity index is 1090. The third kappa shape index (κ3) is 6.06. The number of hydrogen-bond donors (Lipinski definition) is 2. The first-order chi connectivity index (χ1) is 14.7. The predicted octanol–water partition coefficient (Wildman–Crippen LogP) is 5.04. The average molecular weight is 480 g/mol. The third-order valence-corrected chi connectivity index (χ3v) is 5.93. The topological polar surface area (TPSA) is 95.1 Å². The molecule has 0 aliphatic heterocycles. The molecule has 2 aromatic carbocycles. The van der Waals surface area contributed by atoms with Gasteiger partial charge in [-0.1, -0.05) is 60.9 Å². The van der Waals surface area contributed by atoms with Crippen molar-refractivity contribution in [2.24, 2.45) is 0 Å². The van der Waals surface area contributed by atoms with Crippen LogP contribution >= 0.6 is 35.0 Å². The molecule has 0 saturated heterocycles. The Labute approximate surface area is 195 Å². The second-order valence-corrected chi connectivity index (χ2v) is 9.00. The van der Waals surface area contributed by atoms with Gasteiger partial charge in [-0.2, -0.15) is 0 Å². The number of thioether (sulfide) groups is 1. The highest BCUT2D eigenvalue weighted by Gasteiger charge is 2.15. The minimum absolute atomic E-state index is 0.0778. The number of aryl methyl sites for hydroxylation is 1. The number of benzene rings is 2. The fraction of sp³-hybridized carbons (Fsp3) is 0.286. The van der Waals surface area contributed by atoms with Crippen LogP contribution < -0.4 is 15.9 Å². The molecule has 3 aromatic rings. The van der Waals surface area contributed by atoms with Crippen molar-refractivity contribution in [3.63, 3.8) is 0 Å². The third-order valence-electron chi connectivity index (χ3n) is 4.42. The van der Waals surface area contributed by atoms with E-state index in [1.165, 1.54) is 4.68 Å². The lowest BCUT2D eigenvalue weighted by molar-refractivity contribution is -0.113. The second kappa shape index (κ2) is 10.3. The molecular weight excluding hydrogens is 457 g/mol. The molecular formula is C21H23Cl2N5O2S.